The van der Waals surface area contributed by atoms with Crippen LogP contribution in [0.25, 0.3) is 11.1 Å². The fraction of sp³-hybridized carbons (Fsp3) is 0.385. The van der Waals surface area contributed by atoms with Crippen LogP contribution in [0.3, 0.4) is 0 Å². The number of anilines is 4. The lowest BCUT2D eigenvalue weighted by atomic mass is 9.98. The number of pyridine rings is 1. The van der Waals surface area contributed by atoms with Gasteiger partial charge in [0.1, 0.15) is 29.4 Å². The Kier molecular flexibility index (Phi) is 6.28. The molecule has 2 bridgehead atoms. The maximum Gasteiger partial charge on any atom is 0.256 e. The largest absolute Gasteiger partial charge is 0.377 e. The highest BCUT2D eigenvalue weighted by molar-refractivity contribution is 5.99. The van der Waals surface area contributed by atoms with Crippen molar-refractivity contribution >= 4 is 35.3 Å². The number of hydrogen-bond donors (Lipinski definition) is 3. The minimum Gasteiger partial charge on any atom is -0.377 e. The lowest BCUT2D eigenvalue weighted by molar-refractivity contribution is -0.133. The second kappa shape index (κ2) is 9.76. The van der Waals surface area contributed by atoms with Crippen LogP contribution in [0.15, 0.2) is 30.5 Å². The summed E-state index contributed by atoms with van der Waals surface area (Å²) >= 11 is 0. The molecule has 3 aliphatic heterocycles. The van der Waals surface area contributed by atoms with E-state index in [1.807, 2.05) is 11.8 Å². The topological polar surface area (TPSA) is 119 Å². The van der Waals surface area contributed by atoms with E-state index in [2.05, 4.69) is 15.5 Å². The van der Waals surface area contributed by atoms with E-state index in [1.165, 1.54) is 17.0 Å². The third kappa shape index (κ3) is 4.29. The molecule has 1 amide bonds. The number of nitrogens with zero attached hydrogens (tertiary/aromatic N) is 4. The van der Waals surface area contributed by atoms with Gasteiger partial charge >= 0.3 is 0 Å². The van der Waals surface area contributed by atoms with Crippen molar-refractivity contribution in [2.75, 3.05) is 41.4 Å². The minimum atomic E-state index is -0.840. The van der Waals surface area contributed by atoms with Gasteiger partial charge in [0.25, 0.3) is 5.91 Å². The molecule has 10 nitrogen and oxygen atoms in total. The first-order valence-corrected chi connectivity index (χ1v) is 12.6. The number of ether oxygens (including phenoxy) is 2. The van der Waals surface area contributed by atoms with Crippen LogP contribution in [0.1, 0.15) is 25.3 Å². The van der Waals surface area contributed by atoms with Crippen LogP contribution in [0.5, 0.6) is 0 Å². The van der Waals surface area contributed by atoms with Crippen molar-refractivity contribution in [2.45, 2.75) is 38.0 Å². The summed E-state index contributed by atoms with van der Waals surface area (Å²) in [6.07, 6.45) is 3.28. The van der Waals surface area contributed by atoms with Gasteiger partial charge in [-0.2, -0.15) is 5.10 Å². The number of rotatable bonds is 6. The summed E-state index contributed by atoms with van der Waals surface area (Å²) in [5.74, 6) is -0.803. The molecule has 12 heteroatoms. The minimum absolute atomic E-state index is 0.0204. The van der Waals surface area contributed by atoms with Crippen molar-refractivity contribution in [1.29, 1.82) is 5.41 Å². The molecule has 3 saturated heterocycles. The van der Waals surface area contributed by atoms with Gasteiger partial charge in [-0.1, -0.05) is 0 Å². The fourth-order valence-electron chi connectivity index (χ4n) is 5.35. The molecule has 6 rings (SSSR count). The maximum absolute atomic E-state index is 15.8. The van der Waals surface area contributed by atoms with Crippen molar-refractivity contribution in [3.8, 4) is 11.1 Å². The number of carbonyl (C=O) groups excluding carboxylic acids is 1. The molecular weight excluding hydrogens is 496 g/mol. The summed E-state index contributed by atoms with van der Waals surface area (Å²) in [7, 11) is 0. The van der Waals surface area contributed by atoms with E-state index in [0.29, 0.717) is 37.8 Å². The molecule has 198 valence electrons. The van der Waals surface area contributed by atoms with Crippen LogP contribution < -0.4 is 15.1 Å². The lowest BCUT2D eigenvalue weighted by Gasteiger charge is -2.35. The number of amides is 1. The van der Waals surface area contributed by atoms with Crippen LogP contribution in [-0.4, -0.2) is 71.9 Å². The van der Waals surface area contributed by atoms with Crippen molar-refractivity contribution in [3.63, 3.8) is 0 Å². The molecule has 2 unspecified atom stereocenters. The van der Waals surface area contributed by atoms with Gasteiger partial charge in [0.15, 0.2) is 5.82 Å². The Balaban J connectivity index is 1.46. The second-order valence-corrected chi connectivity index (χ2v) is 9.69. The van der Waals surface area contributed by atoms with Gasteiger partial charge in [-0.25, -0.2) is 13.8 Å². The molecule has 5 heterocycles. The number of H-pyrrole nitrogens is 1. The van der Waals surface area contributed by atoms with Crippen molar-refractivity contribution in [1.82, 2.24) is 15.2 Å². The Morgan fingerprint density at radius 1 is 1.24 bits per heavy atom. The summed E-state index contributed by atoms with van der Waals surface area (Å²) in [5, 5.41) is 18.0. The highest BCUT2D eigenvalue weighted by Crippen LogP contribution is 2.39. The smallest absolute Gasteiger partial charge is 0.256 e. The molecule has 0 saturated carbocycles. The van der Waals surface area contributed by atoms with E-state index < -0.39 is 17.7 Å². The van der Waals surface area contributed by atoms with E-state index in [9.17, 15) is 4.79 Å². The zero-order valence-electron chi connectivity index (χ0n) is 20.7. The molecular formula is C26H27F2N7O3. The molecule has 2 aromatic heterocycles. The van der Waals surface area contributed by atoms with Crippen LogP contribution in [0.4, 0.5) is 31.9 Å². The van der Waals surface area contributed by atoms with Crippen molar-refractivity contribution in [2.24, 2.45) is 0 Å². The van der Waals surface area contributed by atoms with E-state index in [1.54, 1.807) is 18.3 Å². The van der Waals surface area contributed by atoms with E-state index in [4.69, 9.17) is 19.9 Å². The fourth-order valence-corrected chi connectivity index (χ4v) is 5.35. The highest BCUT2D eigenvalue weighted by atomic mass is 19.1. The molecule has 0 spiro atoms. The quantitative estimate of drug-likeness (QED) is 0.422. The van der Waals surface area contributed by atoms with Crippen LogP contribution in [0, 0.1) is 17.0 Å². The average molecular weight is 524 g/mol. The third-order valence-corrected chi connectivity index (χ3v) is 7.24. The summed E-state index contributed by atoms with van der Waals surface area (Å²) in [4.78, 5) is 20.9. The molecule has 0 radical (unpaired) electrons. The summed E-state index contributed by atoms with van der Waals surface area (Å²) in [5.41, 5.74) is 0.210. The van der Waals surface area contributed by atoms with E-state index >= 15 is 8.78 Å². The van der Waals surface area contributed by atoms with E-state index in [-0.39, 0.29) is 52.8 Å². The van der Waals surface area contributed by atoms with Gasteiger partial charge in [0.2, 0.25) is 0 Å². The van der Waals surface area contributed by atoms with Gasteiger partial charge < -0.3 is 30.0 Å². The monoisotopic (exact) mass is 523 g/mol. The second-order valence-electron chi connectivity index (χ2n) is 9.69. The number of halogens is 2. The Morgan fingerprint density at radius 3 is 2.76 bits per heavy atom. The van der Waals surface area contributed by atoms with Gasteiger partial charge in [-0.3, -0.25) is 9.89 Å². The average Bonchev–Trinajstić information content (AvgIpc) is 3.56. The zero-order valence-corrected chi connectivity index (χ0v) is 20.7. The lowest BCUT2D eigenvalue weighted by Crippen LogP contribution is -2.47. The molecule has 3 aliphatic rings. The number of hydrogen-bond acceptors (Lipinski definition) is 8. The van der Waals surface area contributed by atoms with Gasteiger partial charge in [-0.15, -0.1) is 0 Å². The number of carbonyl (C=O) groups is 1. The first kappa shape index (κ1) is 24.4. The molecule has 0 aliphatic carbocycles. The van der Waals surface area contributed by atoms with Crippen molar-refractivity contribution < 1.29 is 23.0 Å². The Bertz CT molecular complexity index is 1360. The van der Waals surface area contributed by atoms with Crippen LogP contribution >= 0.6 is 0 Å². The van der Waals surface area contributed by atoms with Crippen molar-refractivity contribution in [3.05, 3.63) is 47.7 Å². The van der Waals surface area contributed by atoms with Gasteiger partial charge in [0.05, 0.1) is 37.5 Å². The first-order valence-electron chi connectivity index (χ1n) is 12.6. The number of fused-ring (bicyclic) bond motifs is 2. The summed E-state index contributed by atoms with van der Waals surface area (Å²) in [6.45, 7) is 3.76. The summed E-state index contributed by atoms with van der Waals surface area (Å²) in [6, 6.07) is 5.61. The number of aromatic nitrogens is 3. The molecule has 38 heavy (non-hydrogen) atoms. The summed E-state index contributed by atoms with van der Waals surface area (Å²) < 4.78 is 42.8. The van der Waals surface area contributed by atoms with Crippen LogP contribution in [0.2, 0.25) is 0 Å². The predicted octanol–water partition coefficient (Wildman–Crippen LogP) is 3.61. The number of morpholine rings is 2. The number of benzene rings is 1. The Morgan fingerprint density at radius 2 is 2.05 bits per heavy atom. The Labute approximate surface area is 217 Å². The number of nitrogens with one attached hydrogen (secondary N) is 3. The van der Waals surface area contributed by atoms with Crippen LogP contribution in [-0.2, 0) is 14.3 Å². The zero-order chi connectivity index (χ0) is 26.4. The molecule has 3 atom stereocenters. The maximum atomic E-state index is 15.8. The molecule has 3 aromatic rings. The molecule has 3 N–H and O–H groups in total. The molecule has 3 fully saturated rings. The standard InChI is InChI=1S/C26H27F2N7O3/c1-14-13-37-7-6-34(14)23-10-17(18(11-29)25(32-23)31-22-4-5-30-33-22)24-19(27)8-15(9-20(24)28)35-12-16-2-3-21(38-16)26(35)36/h4-5,8-11,14,16,21,29H,2-3,6-7,12-13H2,1H3,(H2,30,31,32,33)/t14-,16?,21?/m1/s1. The van der Waals surface area contributed by atoms with E-state index in [0.717, 1.165) is 12.6 Å². The Hall–Kier alpha value is -3.90. The SMILES string of the molecule is C[C@@H]1COCCN1c1cc(-c2c(F)cc(N3CC4CCC(O4)C3=O)cc2F)c(C=N)c(Nc2cc[nH]n2)n1. The first-order chi connectivity index (χ1) is 18.4. The normalized spacial score (nSPS) is 23.1. The predicted molar refractivity (Wildman–Crippen MR) is 137 cm³/mol. The highest BCUT2D eigenvalue weighted by Gasteiger charge is 2.41. The number of aromatic amines is 1. The van der Waals surface area contributed by atoms with Gasteiger partial charge in [0, 0.05) is 41.8 Å². The van der Waals surface area contributed by atoms with Gasteiger partial charge in [-0.05, 0) is 38.0 Å². The third-order valence-electron chi connectivity index (χ3n) is 7.24. The molecule has 1 aromatic carbocycles.